The standard InChI is InChI=1S/C17H17Cl2N/c1-20-17-10-12-4-2-3-5-13(12)14(17)8-11-6-7-15(18)16(19)9-11/h2-7,9,14,17,20H,8,10H2,1H3/t14-,17+/m1/s1. The molecule has 2 aromatic rings. The van der Waals surface area contributed by atoms with Crippen molar-refractivity contribution in [3.8, 4) is 0 Å². The molecule has 0 aromatic heterocycles. The lowest BCUT2D eigenvalue weighted by atomic mass is 9.91. The Bertz CT molecular complexity index is 624. The molecular formula is C17H17Cl2N. The van der Waals surface area contributed by atoms with Gasteiger partial charge in [0.2, 0.25) is 0 Å². The van der Waals surface area contributed by atoms with Gasteiger partial charge in [-0.1, -0.05) is 53.5 Å². The van der Waals surface area contributed by atoms with Crippen molar-refractivity contribution in [2.45, 2.75) is 24.8 Å². The lowest BCUT2D eigenvalue weighted by Crippen LogP contribution is -2.30. The van der Waals surface area contributed by atoms with Crippen molar-refractivity contribution in [2.75, 3.05) is 7.05 Å². The smallest absolute Gasteiger partial charge is 0.0595 e. The van der Waals surface area contributed by atoms with E-state index in [2.05, 4.69) is 35.6 Å². The Morgan fingerprint density at radius 1 is 1.10 bits per heavy atom. The molecule has 0 fully saturated rings. The maximum Gasteiger partial charge on any atom is 0.0595 e. The first-order valence-corrected chi connectivity index (χ1v) is 7.63. The van der Waals surface area contributed by atoms with Crippen molar-refractivity contribution in [3.63, 3.8) is 0 Å². The summed E-state index contributed by atoms with van der Waals surface area (Å²) in [7, 11) is 2.04. The molecule has 0 aliphatic heterocycles. The summed E-state index contributed by atoms with van der Waals surface area (Å²) >= 11 is 12.1. The fourth-order valence-electron chi connectivity index (χ4n) is 3.15. The summed E-state index contributed by atoms with van der Waals surface area (Å²) in [6.07, 6.45) is 2.08. The lowest BCUT2D eigenvalue weighted by molar-refractivity contribution is 0.492. The first kappa shape index (κ1) is 13.9. The fourth-order valence-corrected chi connectivity index (χ4v) is 3.47. The predicted molar refractivity (Wildman–Crippen MR) is 85.9 cm³/mol. The summed E-state index contributed by atoms with van der Waals surface area (Å²) in [4.78, 5) is 0. The summed E-state index contributed by atoms with van der Waals surface area (Å²) < 4.78 is 0. The minimum atomic E-state index is 0.488. The molecule has 0 unspecified atom stereocenters. The first-order chi connectivity index (χ1) is 9.69. The van der Waals surface area contributed by atoms with Crippen molar-refractivity contribution in [3.05, 3.63) is 69.2 Å². The van der Waals surface area contributed by atoms with Gasteiger partial charge >= 0.3 is 0 Å². The Morgan fingerprint density at radius 3 is 2.65 bits per heavy atom. The molecule has 3 heteroatoms. The maximum atomic E-state index is 6.12. The van der Waals surface area contributed by atoms with Crippen LogP contribution in [0.4, 0.5) is 0 Å². The molecule has 0 radical (unpaired) electrons. The van der Waals surface area contributed by atoms with Gasteiger partial charge in [-0.05, 0) is 48.7 Å². The monoisotopic (exact) mass is 305 g/mol. The topological polar surface area (TPSA) is 12.0 Å². The van der Waals surface area contributed by atoms with Crippen LogP contribution in [0.3, 0.4) is 0 Å². The summed E-state index contributed by atoms with van der Waals surface area (Å²) in [5, 5.41) is 4.70. The Hall–Kier alpha value is -1.02. The van der Waals surface area contributed by atoms with Crippen LogP contribution in [0.15, 0.2) is 42.5 Å². The van der Waals surface area contributed by atoms with Gasteiger partial charge in [-0.2, -0.15) is 0 Å². The Balaban J connectivity index is 1.90. The molecule has 104 valence electrons. The fraction of sp³-hybridized carbons (Fsp3) is 0.294. The minimum absolute atomic E-state index is 0.488. The molecule has 0 saturated carbocycles. The third kappa shape index (κ3) is 2.58. The van der Waals surface area contributed by atoms with Crippen LogP contribution in [-0.4, -0.2) is 13.1 Å². The number of hydrogen-bond donors (Lipinski definition) is 1. The van der Waals surface area contributed by atoms with Gasteiger partial charge in [-0.3, -0.25) is 0 Å². The highest BCUT2D eigenvalue weighted by atomic mass is 35.5. The molecule has 0 heterocycles. The van der Waals surface area contributed by atoms with Crippen LogP contribution in [0.5, 0.6) is 0 Å². The second kappa shape index (κ2) is 5.77. The normalized spacial score (nSPS) is 20.9. The number of hydrogen-bond acceptors (Lipinski definition) is 1. The Morgan fingerprint density at radius 2 is 1.90 bits per heavy atom. The minimum Gasteiger partial charge on any atom is -0.316 e. The molecule has 0 bridgehead atoms. The van der Waals surface area contributed by atoms with E-state index in [9.17, 15) is 0 Å². The zero-order valence-corrected chi connectivity index (χ0v) is 12.9. The van der Waals surface area contributed by atoms with Gasteiger partial charge in [-0.15, -0.1) is 0 Å². The second-order valence-corrected chi connectivity index (χ2v) is 6.17. The molecule has 20 heavy (non-hydrogen) atoms. The van der Waals surface area contributed by atoms with Gasteiger partial charge in [0.15, 0.2) is 0 Å². The molecule has 0 spiro atoms. The van der Waals surface area contributed by atoms with E-state index in [4.69, 9.17) is 23.2 Å². The summed E-state index contributed by atoms with van der Waals surface area (Å²) in [6.45, 7) is 0. The average Bonchev–Trinajstić information content (AvgIpc) is 2.81. The van der Waals surface area contributed by atoms with Crippen LogP contribution in [-0.2, 0) is 12.8 Å². The van der Waals surface area contributed by atoms with Crippen molar-refractivity contribution in [2.24, 2.45) is 0 Å². The molecule has 2 aromatic carbocycles. The molecule has 3 rings (SSSR count). The van der Waals surface area contributed by atoms with Crippen molar-refractivity contribution >= 4 is 23.2 Å². The third-order valence-corrected chi connectivity index (χ3v) is 4.93. The number of halogens is 2. The van der Waals surface area contributed by atoms with Crippen molar-refractivity contribution in [1.29, 1.82) is 0 Å². The summed E-state index contributed by atoms with van der Waals surface area (Å²) in [5.41, 5.74) is 4.15. The SMILES string of the molecule is CN[C@H]1Cc2ccccc2[C@H]1Cc1ccc(Cl)c(Cl)c1. The van der Waals surface area contributed by atoms with Crippen LogP contribution in [0.25, 0.3) is 0 Å². The van der Waals surface area contributed by atoms with Crippen LogP contribution in [0, 0.1) is 0 Å². The van der Waals surface area contributed by atoms with Crippen LogP contribution in [0.1, 0.15) is 22.6 Å². The van der Waals surface area contributed by atoms with E-state index in [1.165, 1.54) is 16.7 Å². The molecular weight excluding hydrogens is 289 g/mol. The van der Waals surface area contributed by atoms with E-state index in [-0.39, 0.29) is 0 Å². The molecule has 1 N–H and O–H groups in total. The van der Waals surface area contributed by atoms with Gasteiger partial charge in [-0.25, -0.2) is 0 Å². The van der Waals surface area contributed by atoms with Gasteiger partial charge in [0.25, 0.3) is 0 Å². The van der Waals surface area contributed by atoms with E-state index in [0.717, 1.165) is 12.8 Å². The Labute approximate surface area is 129 Å². The molecule has 1 nitrogen and oxygen atoms in total. The van der Waals surface area contributed by atoms with Gasteiger partial charge in [0.05, 0.1) is 10.0 Å². The molecule has 2 atom stereocenters. The number of rotatable bonds is 3. The van der Waals surface area contributed by atoms with Crippen molar-refractivity contribution in [1.82, 2.24) is 5.32 Å². The van der Waals surface area contributed by atoms with Crippen LogP contribution in [0.2, 0.25) is 10.0 Å². The summed E-state index contributed by atoms with van der Waals surface area (Å²) in [5.74, 6) is 0.494. The molecule has 0 amide bonds. The number of benzene rings is 2. The van der Waals surface area contributed by atoms with E-state index in [0.29, 0.717) is 22.0 Å². The highest BCUT2D eigenvalue weighted by Crippen LogP contribution is 2.36. The predicted octanol–water partition coefficient (Wildman–Crippen LogP) is 4.46. The summed E-state index contributed by atoms with van der Waals surface area (Å²) in [6, 6.07) is 15.1. The zero-order valence-electron chi connectivity index (χ0n) is 11.4. The second-order valence-electron chi connectivity index (χ2n) is 5.36. The molecule has 1 aliphatic rings. The molecule has 1 aliphatic carbocycles. The van der Waals surface area contributed by atoms with E-state index < -0.39 is 0 Å². The lowest BCUT2D eigenvalue weighted by Gasteiger charge is -2.20. The van der Waals surface area contributed by atoms with Gasteiger partial charge in [0, 0.05) is 12.0 Å². The number of likely N-dealkylation sites (N-methyl/N-ethyl adjacent to an activating group) is 1. The van der Waals surface area contributed by atoms with Gasteiger partial charge in [0.1, 0.15) is 0 Å². The van der Waals surface area contributed by atoms with E-state index >= 15 is 0 Å². The number of nitrogens with one attached hydrogen (secondary N) is 1. The first-order valence-electron chi connectivity index (χ1n) is 6.88. The Kier molecular flexibility index (Phi) is 4.02. The van der Waals surface area contributed by atoms with E-state index in [1.807, 2.05) is 19.2 Å². The highest BCUT2D eigenvalue weighted by molar-refractivity contribution is 6.42. The largest absolute Gasteiger partial charge is 0.316 e. The number of fused-ring (bicyclic) bond motifs is 1. The zero-order chi connectivity index (χ0) is 14.1. The maximum absolute atomic E-state index is 6.12. The quantitative estimate of drug-likeness (QED) is 0.882. The van der Waals surface area contributed by atoms with Crippen molar-refractivity contribution < 1.29 is 0 Å². The molecule has 0 saturated heterocycles. The average molecular weight is 306 g/mol. The van der Waals surface area contributed by atoms with Crippen LogP contribution >= 0.6 is 23.2 Å². The van der Waals surface area contributed by atoms with Crippen LogP contribution < -0.4 is 5.32 Å². The van der Waals surface area contributed by atoms with Gasteiger partial charge < -0.3 is 5.32 Å². The van der Waals surface area contributed by atoms with E-state index in [1.54, 1.807) is 0 Å². The third-order valence-electron chi connectivity index (χ3n) is 4.19. The highest BCUT2D eigenvalue weighted by Gasteiger charge is 2.31.